The fourth-order valence-electron chi connectivity index (χ4n) is 6.69. The summed E-state index contributed by atoms with van der Waals surface area (Å²) in [7, 11) is 0. The van der Waals surface area contributed by atoms with Crippen LogP contribution >= 0.6 is 0 Å². The number of fused-ring (bicyclic) bond motifs is 6. The van der Waals surface area contributed by atoms with Crippen molar-refractivity contribution in [3.8, 4) is 30.0 Å². The van der Waals surface area contributed by atoms with E-state index in [2.05, 4.69) is 30.9 Å². The molecule has 6 nitrogen and oxygen atoms in total. The minimum Gasteiger partial charge on any atom is -0.308 e. The molecule has 2 aromatic heterocycles. The van der Waals surface area contributed by atoms with Gasteiger partial charge in [0, 0.05) is 32.7 Å². The maximum absolute atomic E-state index is 10.7. The quantitative estimate of drug-likeness (QED) is 0.145. The lowest BCUT2D eigenvalue weighted by molar-refractivity contribution is 1.14. The third kappa shape index (κ3) is 4.22. The molecular weight excluding hydrogens is 576 g/mol. The second-order valence-electron chi connectivity index (χ2n) is 11.0. The number of nitrogens with zero attached hydrogens (tertiary/aromatic N) is 6. The maximum Gasteiger partial charge on any atom is 0.101 e. The van der Waals surface area contributed by atoms with Crippen molar-refractivity contribution in [2.75, 3.05) is 0 Å². The Balaban J connectivity index is 1.75. The van der Waals surface area contributed by atoms with Crippen molar-refractivity contribution in [1.29, 1.82) is 21.0 Å². The first kappa shape index (κ1) is 28.6. The van der Waals surface area contributed by atoms with Gasteiger partial charge in [0.1, 0.15) is 6.07 Å². The Kier molecular flexibility index (Phi) is 6.96. The van der Waals surface area contributed by atoms with E-state index in [0.717, 1.165) is 43.6 Å². The topological polar surface area (TPSA) is 105 Å². The molecule has 0 aliphatic heterocycles. The van der Waals surface area contributed by atoms with Crippen molar-refractivity contribution >= 4 is 54.9 Å². The summed E-state index contributed by atoms with van der Waals surface area (Å²) < 4.78 is 3.97. The zero-order chi connectivity index (χ0) is 32.7. The molecular formula is C41H24N6. The Labute approximate surface area is 271 Å². The zero-order valence-electron chi connectivity index (χ0n) is 25.4. The minimum absolute atomic E-state index is 0.157. The van der Waals surface area contributed by atoms with Crippen molar-refractivity contribution in [3.05, 3.63) is 150 Å². The molecule has 7 rings (SSSR count). The molecule has 5 aromatic carbocycles. The van der Waals surface area contributed by atoms with Crippen molar-refractivity contribution in [1.82, 2.24) is 9.13 Å². The first-order chi connectivity index (χ1) is 23.1. The van der Waals surface area contributed by atoms with E-state index in [1.807, 2.05) is 106 Å². The molecule has 0 saturated carbocycles. The lowest BCUT2D eigenvalue weighted by atomic mass is 9.88. The second kappa shape index (κ2) is 11.4. The summed E-state index contributed by atoms with van der Waals surface area (Å²) in [6, 6.07) is 44.2. The standard InChI is InChI=1S/C41H24N6/c1-3-27(23-43)38(40(26(2)22-42)46-34-16-8-4-12-30(34)31-13-5-9-17-35(31)46)39-28(24-44)20-21-29(25-45)41(39)47-36-18-10-6-14-32(36)33-15-7-11-19-37(33)47/h3-21H,1H2,2H3/b38-27+,40-26-. The number of hydrogen-bond donors (Lipinski definition) is 0. The predicted octanol–water partition coefficient (Wildman–Crippen LogP) is 9.55. The summed E-state index contributed by atoms with van der Waals surface area (Å²) in [5, 5.41) is 46.5. The first-order valence-corrected chi connectivity index (χ1v) is 14.9. The fraction of sp³-hybridized carbons (Fsp3) is 0.0244. The molecule has 0 aliphatic carbocycles. The first-order valence-electron chi connectivity index (χ1n) is 14.9. The summed E-state index contributed by atoms with van der Waals surface area (Å²) in [4.78, 5) is 0. The lowest BCUT2D eigenvalue weighted by Crippen LogP contribution is -2.11. The Morgan fingerprint density at radius 2 is 1.04 bits per heavy atom. The molecule has 0 unspecified atom stereocenters. The van der Waals surface area contributed by atoms with Gasteiger partial charge in [0.2, 0.25) is 0 Å². The minimum atomic E-state index is 0.157. The fourth-order valence-corrected chi connectivity index (χ4v) is 6.69. The SMILES string of the molecule is C=C/C(C#N)=C(\C(=C(/C)C#N)n1c2ccccc2c2ccccc21)c1c(C#N)ccc(C#N)c1-n1c2ccccc2c2ccccc21. The van der Waals surface area contributed by atoms with Crippen molar-refractivity contribution in [2.45, 2.75) is 6.92 Å². The average Bonchev–Trinajstić information content (AvgIpc) is 3.64. The second-order valence-corrected chi connectivity index (χ2v) is 11.0. The van der Waals surface area contributed by atoms with E-state index in [-0.39, 0.29) is 11.1 Å². The van der Waals surface area contributed by atoms with E-state index >= 15 is 0 Å². The third-order valence-electron chi connectivity index (χ3n) is 8.63. The van der Waals surface area contributed by atoms with Crippen LogP contribution in [0.25, 0.3) is 60.6 Å². The van der Waals surface area contributed by atoms with Gasteiger partial charge in [-0.3, -0.25) is 0 Å². The highest BCUT2D eigenvalue weighted by Gasteiger charge is 2.29. The third-order valence-corrected chi connectivity index (χ3v) is 8.63. The highest BCUT2D eigenvalue weighted by Crippen LogP contribution is 2.45. The van der Waals surface area contributed by atoms with Crippen LogP contribution in [0.15, 0.2) is 133 Å². The molecule has 7 aromatic rings. The number of rotatable bonds is 5. The van der Waals surface area contributed by atoms with Gasteiger partial charge in [-0.1, -0.05) is 85.5 Å². The average molecular weight is 601 g/mol. The van der Waals surface area contributed by atoms with E-state index in [9.17, 15) is 21.0 Å². The summed E-state index contributed by atoms with van der Waals surface area (Å²) >= 11 is 0. The van der Waals surface area contributed by atoms with Crippen LogP contribution < -0.4 is 0 Å². The van der Waals surface area contributed by atoms with Gasteiger partial charge in [-0.15, -0.1) is 0 Å². The number of hydrogen-bond acceptors (Lipinski definition) is 4. The molecule has 2 heterocycles. The van der Waals surface area contributed by atoms with Crippen LogP contribution in [-0.2, 0) is 0 Å². The monoisotopic (exact) mass is 600 g/mol. The Morgan fingerprint density at radius 3 is 1.49 bits per heavy atom. The smallest absolute Gasteiger partial charge is 0.101 e. The van der Waals surface area contributed by atoms with Crippen molar-refractivity contribution < 1.29 is 0 Å². The van der Waals surface area contributed by atoms with Gasteiger partial charge in [-0.2, -0.15) is 21.0 Å². The van der Waals surface area contributed by atoms with Gasteiger partial charge < -0.3 is 9.13 Å². The zero-order valence-corrected chi connectivity index (χ0v) is 25.4. The van der Waals surface area contributed by atoms with Gasteiger partial charge in [-0.25, -0.2) is 0 Å². The molecule has 0 radical (unpaired) electrons. The molecule has 0 amide bonds. The van der Waals surface area contributed by atoms with E-state index in [0.29, 0.717) is 33.7 Å². The van der Waals surface area contributed by atoms with E-state index < -0.39 is 0 Å². The van der Waals surface area contributed by atoms with Gasteiger partial charge in [0.25, 0.3) is 0 Å². The molecule has 0 saturated heterocycles. The normalized spacial score (nSPS) is 12.2. The molecule has 0 fully saturated rings. The lowest BCUT2D eigenvalue weighted by Gasteiger charge is -2.24. The molecule has 6 heteroatoms. The van der Waals surface area contributed by atoms with E-state index in [4.69, 9.17) is 0 Å². The number of aromatic nitrogens is 2. The molecule has 0 bridgehead atoms. The summed E-state index contributed by atoms with van der Waals surface area (Å²) in [6.45, 7) is 5.70. The Hall–Kier alpha value is -7.12. The molecule has 0 atom stereocenters. The van der Waals surface area contributed by atoms with Crippen LogP contribution in [0, 0.1) is 45.3 Å². The highest BCUT2D eigenvalue weighted by molar-refractivity contribution is 6.17. The Bertz CT molecular complexity index is 2600. The molecule has 0 N–H and O–H groups in total. The molecule has 218 valence electrons. The van der Waals surface area contributed by atoms with Gasteiger partial charge in [0.05, 0.1) is 73.9 Å². The number of benzene rings is 5. The van der Waals surface area contributed by atoms with Crippen molar-refractivity contribution in [2.24, 2.45) is 0 Å². The molecule has 47 heavy (non-hydrogen) atoms. The maximum atomic E-state index is 10.7. The molecule has 0 aliphatic rings. The van der Waals surface area contributed by atoms with E-state index in [1.54, 1.807) is 19.1 Å². The summed E-state index contributed by atoms with van der Waals surface area (Å²) in [5.74, 6) is 0. The summed E-state index contributed by atoms with van der Waals surface area (Å²) in [6.07, 6.45) is 1.45. The van der Waals surface area contributed by atoms with Crippen LogP contribution in [0.1, 0.15) is 23.6 Å². The van der Waals surface area contributed by atoms with Crippen LogP contribution in [-0.4, -0.2) is 9.13 Å². The number of allylic oxidation sites excluding steroid dienone is 5. The highest BCUT2D eigenvalue weighted by atomic mass is 15.0. The largest absolute Gasteiger partial charge is 0.308 e. The van der Waals surface area contributed by atoms with Crippen molar-refractivity contribution in [3.63, 3.8) is 0 Å². The molecule has 0 spiro atoms. The Morgan fingerprint density at radius 1 is 0.596 bits per heavy atom. The number of para-hydroxylation sites is 4. The van der Waals surface area contributed by atoms with Crippen LogP contribution in [0.2, 0.25) is 0 Å². The van der Waals surface area contributed by atoms with Gasteiger partial charge >= 0.3 is 0 Å². The summed E-state index contributed by atoms with van der Waals surface area (Å²) in [5.41, 5.74) is 5.90. The number of nitriles is 4. The van der Waals surface area contributed by atoms with Crippen LogP contribution in [0.3, 0.4) is 0 Å². The predicted molar refractivity (Wildman–Crippen MR) is 187 cm³/mol. The van der Waals surface area contributed by atoms with Gasteiger partial charge in [0.15, 0.2) is 0 Å². The van der Waals surface area contributed by atoms with Gasteiger partial charge in [-0.05, 0) is 43.3 Å². The van der Waals surface area contributed by atoms with Crippen LogP contribution in [0.5, 0.6) is 0 Å². The van der Waals surface area contributed by atoms with E-state index in [1.165, 1.54) is 6.08 Å². The van der Waals surface area contributed by atoms with Crippen LogP contribution in [0.4, 0.5) is 0 Å².